The number of carbonyl (C=O) groups excluding carboxylic acids is 1. The van der Waals surface area contributed by atoms with E-state index in [9.17, 15) is 4.79 Å². The summed E-state index contributed by atoms with van der Waals surface area (Å²) in [5.41, 5.74) is 2.11. The van der Waals surface area contributed by atoms with Crippen molar-refractivity contribution in [3.8, 4) is 0 Å². The Morgan fingerprint density at radius 2 is 1.80 bits per heavy atom. The van der Waals surface area contributed by atoms with E-state index >= 15 is 0 Å². The van der Waals surface area contributed by atoms with Gasteiger partial charge in [-0.15, -0.1) is 0 Å². The Kier molecular flexibility index (Phi) is 5.26. The van der Waals surface area contributed by atoms with Gasteiger partial charge >= 0.3 is 0 Å². The van der Waals surface area contributed by atoms with Gasteiger partial charge in [0, 0.05) is 30.5 Å². The predicted octanol–water partition coefficient (Wildman–Crippen LogP) is 4.02. The summed E-state index contributed by atoms with van der Waals surface area (Å²) in [5.74, 6) is 0.201. The number of hydrogen-bond acceptors (Lipinski definition) is 4. The zero-order valence-corrected chi connectivity index (χ0v) is 14.4. The molecule has 1 heterocycles. The van der Waals surface area contributed by atoms with Crippen LogP contribution >= 0.6 is 11.6 Å². The lowest BCUT2D eigenvalue weighted by Crippen LogP contribution is -2.21. The van der Waals surface area contributed by atoms with E-state index in [-0.39, 0.29) is 5.91 Å². The highest BCUT2D eigenvalue weighted by atomic mass is 35.5. The zero-order chi connectivity index (χ0) is 17.6. The van der Waals surface area contributed by atoms with E-state index in [0.29, 0.717) is 28.9 Å². The molecule has 3 aromatic rings. The molecule has 0 aliphatic rings. The molecule has 0 saturated carbocycles. The molecular formula is C19H17ClN4O. The third-order valence-electron chi connectivity index (χ3n) is 3.58. The first-order chi connectivity index (χ1) is 12.1. The Morgan fingerprint density at radius 3 is 2.52 bits per heavy atom. The maximum Gasteiger partial charge on any atom is 0.274 e. The molecule has 3 rings (SSSR count). The second kappa shape index (κ2) is 7.77. The minimum absolute atomic E-state index is 0.293. The number of nitrogens with one attached hydrogen (secondary N) is 1. The maximum absolute atomic E-state index is 12.4. The molecule has 2 aromatic carbocycles. The first kappa shape index (κ1) is 16.9. The van der Waals surface area contributed by atoms with E-state index in [1.165, 1.54) is 0 Å². The molecule has 1 amide bonds. The van der Waals surface area contributed by atoms with Crippen LogP contribution in [0.15, 0.2) is 66.9 Å². The predicted molar refractivity (Wildman–Crippen MR) is 100.0 cm³/mol. The second-order valence-corrected chi connectivity index (χ2v) is 5.98. The summed E-state index contributed by atoms with van der Waals surface area (Å²) in [6, 6.07) is 18.5. The van der Waals surface area contributed by atoms with Crippen molar-refractivity contribution >= 4 is 29.1 Å². The SMILES string of the molecule is CN(Cc1ccccc1)c1nccc(C(=O)Nc2ccc(Cl)cc2)n1. The number of aromatic nitrogens is 2. The van der Waals surface area contributed by atoms with Gasteiger partial charge in [0.25, 0.3) is 5.91 Å². The minimum Gasteiger partial charge on any atom is -0.340 e. The van der Waals surface area contributed by atoms with Crippen LogP contribution in [-0.2, 0) is 6.54 Å². The van der Waals surface area contributed by atoms with E-state index < -0.39 is 0 Å². The topological polar surface area (TPSA) is 58.1 Å². The van der Waals surface area contributed by atoms with Gasteiger partial charge in [0.2, 0.25) is 5.95 Å². The van der Waals surface area contributed by atoms with Gasteiger partial charge in [-0.2, -0.15) is 0 Å². The van der Waals surface area contributed by atoms with Gasteiger partial charge in [-0.1, -0.05) is 41.9 Å². The molecule has 5 nitrogen and oxygen atoms in total. The Hall–Kier alpha value is -2.92. The van der Waals surface area contributed by atoms with E-state index in [1.807, 2.05) is 42.3 Å². The number of amides is 1. The fourth-order valence-corrected chi connectivity index (χ4v) is 2.44. The number of benzene rings is 2. The molecule has 1 N–H and O–H groups in total. The molecule has 6 heteroatoms. The number of rotatable bonds is 5. The van der Waals surface area contributed by atoms with Crippen molar-refractivity contribution in [1.82, 2.24) is 9.97 Å². The maximum atomic E-state index is 12.4. The molecule has 0 spiro atoms. The molecule has 0 saturated heterocycles. The molecule has 0 atom stereocenters. The van der Waals surface area contributed by atoms with Crippen LogP contribution in [0.5, 0.6) is 0 Å². The Balaban J connectivity index is 1.72. The standard InChI is InChI=1S/C19H17ClN4O/c1-24(13-14-5-3-2-4-6-14)19-21-12-11-17(23-19)18(25)22-16-9-7-15(20)8-10-16/h2-12H,13H2,1H3,(H,22,25). The summed E-state index contributed by atoms with van der Waals surface area (Å²) < 4.78 is 0. The van der Waals surface area contributed by atoms with Crippen molar-refractivity contribution in [3.05, 3.63) is 83.1 Å². The third-order valence-corrected chi connectivity index (χ3v) is 3.83. The normalized spacial score (nSPS) is 10.3. The Bertz CT molecular complexity index is 853. The average Bonchev–Trinajstić information content (AvgIpc) is 2.64. The molecule has 0 radical (unpaired) electrons. The number of hydrogen-bond donors (Lipinski definition) is 1. The van der Waals surface area contributed by atoms with E-state index in [1.54, 1.807) is 36.5 Å². The molecule has 0 fully saturated rings. The highest BCUT2D eigenvalue weighted by Gasteiger charge is 2.12. The smallest absolute Gasteiger partial charge is 0.274 e. The number of halogens is 1. The Morgan fingerprint density at radius 1 is 1.08 bits per heavy atom. The molecule has 25 heavy (non-hydrogen) atoms. The van der Waals surface area contributed by atoms with Crippen LogP contribution in [0.4, 0.5) is 11.6 Å². The Labute approximate surface area is 151 Å². The number of carbonyl (C=O) groups is 1. The van der Waals surface area contributed by atoms with Gasteiger partial charge in [-0.05, 0) is 35.9 Å². The van der Waals surface area contributed by atoms with Gasteiger partial charge in [0.1, 0.15) is 5.69 Å². The van der Waals surface area contributed by atoms with Gasteiger partial charge in [0.05, 0.1) is 0 Å². The average molecular weight is 353 g/mol. The van der Waals surface area contributed by atoms with Gasteiger partial charge in [-0.3, -0.25) is 4.79 Å². The van der Waals surface area contributed by atoms with Crippen molar-refractivity contribution in [2.24, 2.45) is 0 Å². The van der Waals surface area contributed by atoms with Crippen LogP contribution < -0.4 is 10.2 Å². The number of nitrogens with zero attached hydrogens (tertiary/aromatic N) is 3. The monoisotopic (exact) mass is 352 g/mol. The summed E-state index contributed by atoms with van der Waals surface area (Å²) in [7, 11) is 1.89. The van der Waals surface area contributed by atoms with Crippen LogP contribution in [0.2, 0.25) is 5.02 Å². The fraction of sp³-hybridized carbons (Fsp3) is 0.105. The third kappa shape index (κ3) is 4.55. The van der Waals surface area contributed by atoms with Crippen molar-refractivity contribution in [3.63, 3.8) is 0 Å². The first-order valence-corrected chi connectivity index (χ1v) is 8.14. The molecular weight excluding hydrogens is 336 g/mol. The van der Waals surface area contributed by atoms with Crippen LogP contribution in [-0.4, -0.2) is 22.9 Å². The van der Waals surface area contributed by atoms with Crippen molar-refractivity contribution in [2.45, 2.75) is 6.54 Å². The number of anilines is 2. The first-order valence-electron chi connectivity index (χ1n) is 7.77. The second-order valence-electron chi connectivity index (χ2n) is 5.54. The molecule has 0 bridgehead atoms. The molecule has 0 aliphatic heterocycles. The summed E-state index contributed by atoms with van der Waals surface area (Å²) in [6.45, 7) is 0.656. The van der Waals surface area contributed by atoms with Crippen LogP contribution in [0.3, 0.4) is 0 Å². The lowest BCUT2D eigenvalue weighted by molar-refractivity contribution is 0.102. The van der Waals surface area contributed by atoms with Crippen LogP contribution in [0.1, 0.15) is 16.1 Å². The van der Waals surface area contributed by atoms with Crippen LogP contribution in [0.25, 0.3) is 0 Å². The highest BCUT2D eigenvalue weighted by Crippen LogP contribution is 2.15. The van der Waals surface area contributed by atoms with E-state index in [2.05, 4.69) is 15.3 Å². The lowest BCUT2D eigenvalue weighted by atomic mass is 10.2. The summed E-state index contributed by atoms with van der Waals surface area (Å²) >= 11 is 5.85. The van der Waals surface area contributed by atoms with Gasteiger partial charge in [0.15, 0.2) is 0 Å². The summed E-state index contributed by atoms with van der Waals surface area (Å²) in [4.78, 5) is 22.9. The molecule has 0 unspecified atom stereocenters. The van der Waals surface area contributed by atoms with Crippen molar-refractivity contribution in [2.75, 3.05) is 17.3 Å². The largest absolute Gasteiger partial charge is 0.340 e. The van der Waals surface area contributed by atoms with Gasteiger partial charge in [-0.25, -0.2) is 9.97 Å². The zero-order valence-electron chi connectivity index (χ0n) is 13.7. The lowest BCUT2D eigenvalue weighted by Gasteiger charge is -2.17. The van der Waals surface area contributed by atoms with Gasteiger partial charge < -0.3 is 10.2 Å². The molecule has 0 aliphatic carbocycles. The van der Waals surface area contributed by atoms with Crippen LogP contribution in [0, 0.1) is 0 Å². The summed E-state index contributed by atoms with van der Waals surface area (Å²) in [5, 5.41) is 3.41. The highest BCUT2D eigenvalue weighted by molar-refractivity contribution is 6.30. The fourth-order valence-electron chi connectivity index (χ4n) is 2.32. The minimum atomic E-state index is -0.293. The van der Waals surface area contributed by atoms with E-state index in [0.717, 1.165) is 5.56 Å². The molecule has 126 valence electrons. The van der Waals surface area contributed by atoms with Crippen molar-refractivity contribution < 1.29 is 4.79 Å². The van der Waals surface area contributed by atoms with Crippen molar-refractivity contribution in [1.29, 1.82) is 0 Å². The quantitative estimate of drug-likeness (QED) is 0.753. The molecule has 1 aromatic heterocycles. The van der Waals surface area contributed by atoms with E-state index in [4.69, 9.17) is 11.6 Å². The summed E-state index contributed by atoms with van der Waals surface area (Å²) in [6.07, 6.45) is 1.58.